The normalized spacial score (nSPS) is 12.9. The van der Waals surface area contributed by atoms with Crippen LogP contribution in [0.4, 0.5) is 11.5 Å². The van der Waals surface area contributed by atoms with Gasteiger partial charge < -0.3 is 5.32 Å². The fourth-order valence-corrected chi connectivity index (χ4v) is 4.34. The van der Waals surface area contributed by atoms with Gasteiger partial charge in [-0.05, 0) is 67.5 Å². The second kappa shape index (κ2) is 7.52. The van der Waals surface area contributed by atoms with Crippen LogP contribution < -0.4 is 5.32 Å². The molecule has 1 aromatic carbocycles. The van der Waals surface area contributed by atoms with Crippen molar-refractivity contribution in [3.8, 4) is 11.8 Å². The van der Waals surface area contributed by atoms with Crippen molar-refractivity contribution in [1.82, 2.24) is 20.2 Å². The van der Waals surface area contributed by atoms with Crippen LogP contribution in [0.1, 0.15) is 29.1 Å². The maximum Gasteiger partial charge on any atom is 0.175 e. The largest absolute Gasteiger partial charge is 0.340 e. The van der Waals surface area contributed by atoms with Crippen LogP contribution in [0.3, 0.4) is 0 Å². The van der Waals surface area contributed by atoms with E-state index in [9.17, 15) is 8.42 Å². The number of H-pyrrole nitrogens is 1. The molecule has 0 unspecified atom stereocenters. The van der Waals surface area contributed by atoms with Crippen molar-refractivity contribution >= 4 is 32.1 Å². The number of rotatable bonds is 3. The molecule has 3 heterocycles. The molecular weight excluding hydrogens is 410 g/mol. The van der Waals surface area contributed by atoms with Gasteiger partial charge in [-0.1, -0.05) is 0 Å². The van der Waals surface area contributed by atoms with E-state index in [0.29, 0.717) is 11.5 Å². The number of hydrogen-bond acceptors (Lipinski definition) is 6. The first-order valence-electron chi connectivity index (χ1n) is 9.87. The number of hydrogen-bond donors (Lipinski definition) is 2. The lowest BCUT2D eigenvalue weighted by Gasteiger charge is -2.08. The molecular formula is C23H19N5O2S. The molecule has 4 aromatic rings. The first-order chi connectivity index (χ1) is 15.0. The van der Waals surface area contributed by atoms with E-state index in [1.807, 2.05) is 12.1 Å². The number of aromatic nitrogens is 4. The SMILES string of the molecule is CS(=O)(=O)c1ccc(Nc2cc3c(C#Cc4n[nH]c5c4CCC5)nccc3cn2)cc1. The van der Waals surface area contributed by atoms with E-state index in [0.717, 1.165) is 41.4 Å². The number of sulfone groups is 1. The van der Waals surface area contributed by atoms with Gasteiger partial charge in [0, 0.05) is 46.4 Å². The Morgan fingerprint density at radius 2 is 1.84 bits per heavy atom. The average molecular weight is 430 g/mol. The fraction of sp³-hybridized carbons (Fsp3) is 0.174. The zero-order valence-corrected chi connectivity index (χ0v) is 17.6. The predicted octanol–water partition coefficient (Wildman–Crippen LogP) is 3.39. The molecule has 8 heteroatoms. The standard InChI is InChI=1S/C23H19N5O2S/c1-31(29,30)17-7-5-16(6-8-17)26-23-13-19-15(14-25-23)11-12-24-20(19)9-10-22-18-3-2-4-21(18)27-28-22/h5-8,11-14H,2-4H2,1H3,(H,25,26)(H,27,28). The topological polar surface area (TPSA) is 101 Å². The Kier molecular flexibility index (Phi) is 4.68. The minimum Gasteiger partial charge on any atom is -0.340 e. The quantitative estimate of drug-likeness (QED) is 0.484. The van der Waals surface area contributed by atoms with Crippen LogP contribution in [0.15, 0.2) is 53.7 Å². The highest BCUT2D eigenvalue weighted by atomic mass is 32.2. The molecule has 3 aromatic heterocycles. The highest BCUT2D eigenvalue weighted by Gasteiger charge is 2.17. The van der Waals surface area contributed by atoms with Crippen molar-refractivity contribution in [3.05, 3.63) is 71.4 Å². The molecule has 5 rings (SSSR count). The highest BCUT2D eigenvalue weighted by Crippen LogP contribution is 2.24. The Labute approximate surface area is 179 Å². The van der Waals surface area contributed by atoms with Gasteiger partial charge in [-0.3, -0.25) is 5.10 Å². The smallest absolute Gasteiger partial charge is 0.175 e. The number of benzene rings is 1. The summed E-state index contributed by atoms with van der Waals surface area (Å²) < 4.78 is 23.3. The molecule has 0 fully saturated rings. The molecule has 1 aliphatic rings. The van der Waals surface area contributed by atoms with Crippen molar-refractivity contribution in [2.24, 2.45) is 0 Å². The summed E-state index contributed by atoms with van der Waals surface area (Å²) in [6.45, 7) is 0. The summed E-state index contributed by atoms with van der Waals surface area (Å²) in [6.07, 6.45) is 7.85. The maximum absolute atomic E-state index is 11.6. The van der Waals surface area contributed by atoms with Crippen molar-refractivity contribution in [1.29, 1.82) is 0 Å². The first-order valence-corrected chi connectivity index (χ1v) is 11.8. The van der Waals surface area contributed by atoms with E-state index in [2.05, 4.69) is 37.3 Å². The minimum atomic E-state index is -3.23. The third kappa shape index (κ3) is 3.88. The Morgan fingerprint density at radius 1 is 1.03 bits per heavy atom. The van der Waals surface area contributed by atoms with Crippen molar-refractivity contribution in [3.63, 3.8) is 0 Å². The summed E-state index contributed by atoms with van der Waals surface area (Å²) in [4.78, 5) is 9.18. The second-order valence-corrected chi connectivity index (χ2v) is 9.52. The molecule has 154 valence electrons. The number of aromatic amines is 1. The zero-order chi connectivity index (χ0) is 21.4. The summed E-state index contributed by atoms with van der Waals surface area (Å²) in [5.41, 5.74) is 4.60. The molecule has 0 atom stereocenters. The van der Waals surface area contributed by atoms with Crippen molar-refractivity contribution < 1.29 is 8.42 Å². The van der Waals surface area contributed by atoms with Crippen molar-refractivity contribution in [2.75, 3.05) is 11.6 Å². The number of anilines is 2. The predicted molar refractivity (Wildman–Crippen MR) is 119 cm³/mol. The number of fused-ring (bicyclic) bond motifs is 2. The molecule has 0 aliphatic heterocycles. The summed E-state index contributed by atoms with van der Waals surface area (Å²) in [5.74, 6) is 6.96. The molecule has 2 N–H and O–H groups in total. The summed E-state index contributed by atoms with van der Waals surface area (Å²) in [7, 11) is -3.23. The maximum atomic E-state index is 11.6. The van der Waals surface area contributed by atoms with E-state index in [1.165, 1.54) is 17.5 Å². The van der Waals surface area contributed by atoms with Gasteiger partial charge in [0.1, 0.15) is 17.2 Å². The lowest BCUT2D eigenvalue weighted by Crippen LogP contribution is -1.98. The number of pyridine rings is 2. The number of nitrogens with zero attached hydrogens (tertiary/aromatic N) is 3. The second-order valence-electron chi connectivity index (χ2n) is 7.50. The fourth-order valence-electron chi connectivity index (χ4n) is 3.71. The van der Waals surface area contributed by atoms with Crippen LogP contribution in [0, 0.1) is 11.8 Å². The number of aryl methyl sites for hydroxylation is 1. The van der Waals surface area contributed by atoms with Crippen LogP contribution in [-0.2, 0) is 22.7 Å². The van der Waals surface area contributed by atoms with Crippen LogP contribution in [0.2, 0.25) is 0 Å². The van der Waals surface area contributed by atoms with Crippen LogP contribution in [0.25, 0.3) is 10.8 Å². The number of nitrogens with one attached hydrogen (secondary N) is 2. The van der Waals surface area contributed by atoms with Gasteiger partial charge in [0.25, 0.3) is 0 Å². The van der Waals surface area contributed by atoms with Gasteiger partial charge in [0.05, 0.1) is 4.90 Å². The monoisotopic (exact) mass is 429 g/mol. The molecule has 0 amide bonds. The summed E-state index contributed by atoms with van der Waals surface area (Å²) >= 11 is 0. The molecule has 0 saturated heterocycles. The minimum absolute atomic E-state index is 0.274. The van der Waals surface area contributed by atoms with E-state index in [-0.39, 0.29) is 4.90 Å². The van der Waals surface area contributed by atoms with Crippen molar-refractivity contribution in [2.45, 2.75) is 24.2 Å². The van der Waals surface area contributed by atoms with E-state index < -0.39 is 9.84 Å². The molecule has 0 bridgehead atoms. The molecule has 0 radical (unpaired) electrons. The van der Waals surface area contributed by atoms with Gasteiger partial charge in [0.15, 0.2) is 9.84 Å². The molecule has 1 aliphatic carbocycles. The zero-order valence-electron chi connectivity index (χ0n) is 16.8. The van der Waals surface area contributed by atoms with Gasteiger partial charge in [0.2, 0.25) is 0 Å². The first kappa shape index (κ1) is 19.3. The van der Waals surface area contributed by atoms with Gasteiger partial charge in [-0.15, -0.1) is 0 Å². The molecule has 0 saturated carbocycles. The Morgan fingerprint density at radius 3 is 2.65 bits per heavy atom. The van der Waals surface area contributed by atoms with E-state index >= 15 is 0 Å². The lowest BCUT2D eigenvalue weighted by molar-refractivity contribution is 0.602. The molecule has 7 nitrogen and oxygen atoms in total. The Hall–Kier alpha value is -3.70. The van der Waals surface area contributed by atoms with Crippen LogP contribution >= 0.6 is 0 Å². The summed E-state index contributed by atoms with van der Waals surface area (Å²) in [6, 6.07) is 10.4. The lowest BCUT2D eigenvalue weighted by atomic mass is 10.1. The highest BCUT2D eigenvalue weighted by molar-refractivity contribution is 7.90. The summed E-state index contributed by atoms with van der Waals surface area (Å²) in [5, 5.41) is 12.4. The average Bonchev–Trinajstić information content (AvgIpc) is 3.36. The van der Waals surface area contributed by atoms with Crippen LogP contribution in [0.5, 0.6) is 0 Å². The van der Waals surface area contributed by atoms with E-state index in [1.54, 1.807) is 36.7 Å². The Bertz CT molecular complexity index is 1460. The van der Waals surface area contributed by atoms with Gasteiger partial charge in [-0.25, -0.2) is 18.4 Å². The van der Waals surface area contributed by atoms with Gasteiger partial charge >= 0.3 is 0 Å². The van der Waals surface area contributed by atoms with E-state index in [4.69, 9.17) is 0 Å². The molecule has 31 heavy (non-hydrogen) atoms. The third-order valence-corrected chi connectivity index (χ3v) is 6.44. The van der Waals surface area contributed by atoms with Gasteiger partial charge in [-0.2, -0.15) is 5.10 Å². The third-order valence-electron chi connectivity index (χ3n) is 5.31. The Balaban J connectivity index is 1.46. The van der Waals surface area contributed by atoms with Crippen LogP contribution in [-0.4, -0.2) is 34.8 Å². The molecule has 0 spiro atoms.